The van der Waals surface area contributed by atoms with Gasteiger partial charge in [0.1, 0.15) is 0 Å². The highest BCUT2D eigenvalue weighted by Gasteiger charge is 2.22. The molecule has 0 aromatic heterocycles. The van der Waals surface area contributed by atoms with E-state index in [0.717, 1.165) is 62.5 Å². The predicted octanol–water partition coefficient (Wildman–Crippen LogP) is 4.94. The minimum Gasteiger partial charge on any atom is -0.478 e. The lowest BCUT2D eigenvalue weighted by Crippen LogP contribution is -2.14. The second-order valence-corrected chi connectivity index (χ2v) is 6.00. The number of rotatable bonds is 11. The summed E-state index contributed by atoms with van der Waals surface area (Å²) in [4.78, 5) is 23.0. The van der Waals surface area contributed by atoms with Crippen LogP contribution in [-0.2, 0) is 12.8 Å². The zero-order chi connectivity index (χ0) is 17.2. The molecule has 0 heterocycles. The summed E-state index contributed by atoms with van der Waals surface area (Å²) in [6, 6.07) is 3.25. The van der Waals surface area contributed by atoms with Crippen LogP contribution < -0.4 is 0 Å². The molecule has 4 heteroatoms. The van der Waals surface area contributed by atoms with Gasteiger partial charge in [0.05, 0.1) is 11.1 Å². The van der Waals surface area contributed by atoms with Crippen LogP contribution in [0.3, 0.4) is 0 Å². The fourth-order valence-electron chi connectivity index (χ4n) is 2.93. The van der Waals surface area contributed by atoms with E-state index in [1.807, 2.05) is 0 Å². The van der Waals surface area contributed by atoms with Crippen molar-refractivity contribution in [3.63, 3.8) is 0 Å². The fourth-order valence-corrected chi connectivity index (χ4v) is 2.93. The van der Waals surface area contributed by atoms with Gasteiger partial charge in [0.15, 0.2) is 0 Å². The third-order valence-electron chi connectivity index (χ3n) is 4.18. The normalized spacial score (nSPS) is 10.7. The highest BCUT2D eigenvalue weighted by Crippen LogP contribution is 2.24. The molecule has 0 aliphatic rings. The van der Waals surface area contributed by atoms with Crippen molar-refractivity contribution >= 4 is 11.9 Å². The molecule has 0 atom stereocenters. The Kier molecular flexibility index (Phi) is 8.38. The summed E-state index contributed by atoms with van der Waals surface area (Å²) in [6.45, 7) is 4.26. The number of carboxylic acids is 2. The maximum atomic E-state index is 11.7. The second kappa shape index (κ2) is 10.0. The predicted molar refractivity (Wildman–Crippen MR) is 91.4 cm³/mol. The maximum Gasteiger partial charge on any atom is 0.336 e. The fraction of sp³-hybridized carbons (Fsp3) is 0.579. The highest BCUT2D eigenvalue weighted by atomic mass is 16.4. The van der Waals surface area contributed by atoms with Crippen molar-refractivity contribution in [2.45, 2.75) is 71.6 Å². The number of aromatic carboxylic acids is 2. The Bertz CT molecular complexity index is 534. The first-order valence-electron chi connectivity index (χ1n) is 8.64. The summed E-state index contributed by atoms with van der Waals surface area (Å²) in [5.41, 5.74) is 1.62. The van der Waals surface area contributed by atoms with Gasteiger partial charge in [-0.2, -0.15) is 0 Å². The molecule has 0 aliphatic carbocycles. The summed E-state index contributed by atoms with van der Waals surface area (Å²) >= 11 is 0. The first-order valence-corrected chi connectivity index (χ1v) is 8.64. The summed E-state index contributed by atoms with van der Waals surface area (Å²) in [5, 5.41) is 18.8. The molecule has 0 aliphatic heterocycles. The first kappa shape index (κ1) is 19.2. The third-order valence-corrected chi connectivity index (χ3v) is 4.18. The van der Waals surface area contributed by atoms with Gasteiger partial charge in [-0.05, 0) is 42.9 Å². The van der Waals surface area contributed by atoms with E-state index in [4.69, 9.17) is 0 Å². The van der Waals surface area contributed by atoms with E-state index >= 15 is 0 Å². The average Bonchev–Trinajstić information content (AvgIpc) is 2.51. The molecule has 1 aromatic rings. The van der Waals surface area contributed by atoms with E-state index in [1.54, 1.807) is 6.07 Å². The van der Waals surface area contributed by atoms with Gasteiger partial charge in [-0.1, -0.05) is 52.0 Å². The van der Waals surface area contributed by atoms with Gasteiger partial charge >= 0.3 is 11.9 Å². The minimum atomic E-state index is -1.17. The molecule has 23 heavy (non-hydrogen) atoms. The molecule has 1 rings (SSSR count). The van der Waals surface area contributed by atoms with E-state index in [9.17, 15) is 19.8 Å². The lowest BCUT2D eigenvalue weighted by molar-refractivity contribution is 0.0650. The van der Waals surface area contributed by atoms with Crippen molar-refractivity contribution in [3.8, 4) is 0 Å². The van der Waals surface area contributed by atoms with E-state index in [1.165, 1.54) is 6.07 Å². The Hall–Kier alpha value is -1.84. The zero-order valence-corrected chi connectivity index (χ0v) is 14.2. The molecule has 0 amide bonds. The van der Waals surface area contributed by atoms with E-state index in [-0.39, 0.29) is 11.1 Å². The molecule has 0 radical (unpaired) electrons. The highest BCUT2D eigenvalue weighted by molar-refractivity contribution is 6.03. The van der Waals surface area contributed by atoms with Crippen LogP contribution in [0.5, 0.6) is 0 Å². The zero-order valence-electron chi connectivity index (χ0n) is 14.2. The minimum absolute atomic E-state index is 0.0111. The second-order valence-electron chi connectivity index (χ2n) is 6.00. The van der Waals surface area contributed by atoms with Crippen molar-refractivity contribution in [2.75, 3.05) is 0 Å². The number of aryl methyl sites for hydroxylation is 1. The Morgan fingerprint density at radius 2 is 1.43 bits per heavy atom. The Labute approximate surface area is 138 Å². The Morgan fingerprint density at radius 3 is 2.00 bits per heavy atom. The van der Waals surface area contributed by atoms with Gasteiger partial charge in [-0.25, -0.2) is 9.59 Å². The van der Waals surface area contributed by atoms with Gasteiger partial charge in [0.25, 0.3) is 0 Å². The molecular weight excluding hydrogens is 292 g/mol. The van der Waals surface area contributed by atoms with Crippen molar-refractivity contribution < 1.29 is 19.8 Å². The molecule has 0 spiro atoms. The third kappa shape index (κ3) is 5.70. The largest absolute Gasteiger partial charge is 0.478 e. The van der Waals surface area contributed by atoms with Crippen molar-refractivity contribution in [3.05, 3.63) is 34.4 Å². The quantitative estimate of drug-likeness (QED) is 0.566. The van der Waals surface area contributed by atoms with E-state index < -0.39 is 11.9 Å². The number of hydrogen-bond donors (Lipinski definition) is 2. The monoisotopic (exact) mass is 320 g/mol. The van der Waals surface area contributed by atoms with Crippen LogP contribution in [0.1, 0.15) is 90.6 Å². The van der Waals surface area contributed by atoms with Crippen molar-refractivity contribution in [1.82, 2.24) is 0 Å². The molecule has 128 valence electrons. The van der Waals surface area contributed by atoms with Crippen LogP contribution in [0.25, 0.3) is 0 Å². The van der Waals surface area contributed by atoms with Gasteiger partial charge in [0.2, 0.25) is 0 Å². The van der Waals surface area contributed by atoms with Crippen LogP contribution in [0.2, 0.25) is 0 Å². The van der Waals surface area contributed by atoms with Crippen molar-refractivity contribution in [1.29, 1.82) is 0 Å². The van der Waals surface area contributed by atoms with E-state index in [2.05, 4.69) is 13.8 Å². The summed E-state index contributed by atoms with van der Waals surface area (Å²) < 4.78 is 0. The van der Waals surface area contributed by atoms with Crippen LogP contribution in [0.15, 0.2) is 12.1 Å². The molecule has 2 N–H and O–H groups in total. The number of carbonyl (C=O) groups is 2. The Balaban J connectivity index is 3.14. The molecular formula is C19H28O4. The van der Waals surface area contributed by atoms with Crippen LogP contribution in [0, 0.1) is 0 Å². The molecule has 0 saturated carbocycles. The van der Waals surface area contributed by atoms with Crippen LogP contribution >= 0.6 is 0 Å². The van der Waals surface area contributed by atoms with Gasteiger partial charge in [-0.15, -0.1) is 0 Å². The number of unbranched alkanes of at least 4 members (excludes halogenated alkanes) is 5. The summed E-state index contributed by atoms with van der Waals surface area (Å²) in [7, 11) is 0. The average molecular weight is 320 g/mol. The molecule has 0 saturated heterocycles. The molecule has 0 fully saturated rings. The molecule has 1 aromatic carbocycles. The van der Waals surface area contributed by atoms with Gasteiger partial charge in [0, 0.05) is 0 Å². The smallest absolute Gasteiger partial charge is 0.336 e. The Morgan fingerprint density at radius 1 is 0.826 bits per heavy atom. The van der Waals surface area contributed by atoms with E-state index in [0.29, 0.717) is 6.42 Å². The molecule has 4 nitrogen and oxygen atoms in total. The van der Waals surface area contributed by atoms with Gasteiger partial charge < -0.3 is 10.2 Å². The van der Waals surface area contributed by atoms with Gasteiger partial charge in [-0.3, -0.25) is 0 Å². The number of benzene rings is 1. The van der Waals surface area contributed by atoms with Crippen LogP contribution in [0.4, 0.5) is 0 Å². The SMILES string of the molecule is CCCCCCc1c(CCCCC)ccc(C(=O)O)c1C(=O)O. The maximum absolute atomic E-state index is 11.7. The number of carboxylic acid groups (broad SMARTS) is 2. The topological polar surface area (TPSA) is 74.6 Å². The van der Waals surface area contributed by atoms with Crippen LogP contribution in [-0.4, -0.2) is 22.2 Å². The number of hydrogen-bond acceptors (Lipinski definition) is 2. The lowest BCUT2D eigenvalue weighted by atomic mass is 9.89. The first-order chi connectivity index (χ1) is 11.0. The molecule has 0 unspecified atom stereocenters. The standard InChI is InChI=1S/C19H28O4/c1-3-5-7-9-11-15-14(10-8-6-4-2)12-13-16(18(20)21)17(15)19(22)23/h12-13H,3-11H2,1-2H3,(H,20,21)(H,22,23). The van der Waals surface area contributed by atoms with Crippen molar-refractivity contribution in [2.24, 2.45) is 0 Å². The summed E-state index contributed by atoms with van der Waals surface area (Å²) in [5.74, 6) is -2.30. The molecule has 0 bridgehead atoms. The lowest BCUT2D eigenvalue weighted by Gasteiger charge is -2.15. The summed E-state index contributed by atoms with van der Waals surface area (Å²) in [6.07, 6.45) is 8.84.